The van der Waals surface area contributed by atoms with Crippen molar-refractivity contribution in [3.63, 3.8) is 0 Å². The molecular formula is C14H14N2O2. The van der Waals surface area contributed by atoms with Gasteiger partial charge in [-0.1, -0.05) is 12.1 Å². The smallest absolute Gasteiger partial charge is 0.264 e. The number of hydrogen-bond acceptors (Lipinski definition) is 3. The molecule has 92 valence electrons. The maximum absolute atomic E-state index is 10.7. The molecule has 0 atom stereocenters. The van der Waals surface area contributed by atoms with E-state index in [1.807, 2.05) is 32.3 Å². The van der Waals surface area contributed by atoms with Crippen molar-refractivity contribution < 1.29 is 4.92 Å². The van der Waals surface area contributed by atoms with Crippen molar-refractivity contribution in [1.82, 2.24) is 4.98 Å². The quantitative estimate of drug-likeness (QED) is 0.613. The summed E-state index contributed by atoms with van der Waals surface area (Å²) in [5.74, 6) is 0. The van der Waals surface area contributed by atoms with E-state index in [2.05, 4.69) is 4.98 Å². The van der Waals surface area contributed by atoms with Gasteiger partial charge in [0.25, 0.3) is 5.69 Å². The number of aromatic nitrogens is 1. The fourth-order valence-electron chi connectivity index (χ4n) is 1.86. The van der Waals surface area contributed by atoms with E-state index in [1.54, 1.807) is 12.1 Å². The first-order valence-electron chi connectivity index (χ1n) is 5.71. The molecule has 18 heavy (non-hydrogen) atoms. The summed E-state index contributed by atoms with van der Waals surface area (Å²) in [6, 6.07) is 6.73. The summed E-state index contributed by atoms with van der Waals surface area (Å²) < 4.78 is 0. The maximum Gasteiger partial charge on any atom is 0.269 e. The van der Waals surface area contributed by atoms with Crippen LogP contribution in [0.5, 0.6) is 0 Å². The first-order chi connectivity index (χ1) is 8.58. The fraction of sp³-hybridized carbons (Fsp3) is 0.214. The van der Waals surface area contributed by atoms with Gasteiger partial charge in [0.2, 0.25) is 0 Å². The van der Waals surface area contributed by atoms with E-state index in [-0.39, 0.29) is 10.6 Å². The topological polar surface area (TPSA) is 56.0 Å². The van der Waals surface area contributed by atoms with Gasteiger partial charge in [0, 0.05) is 24.5 Å². The van der Waals surface area contributed by atoms with E-state index < -0.39 is 0 Å². The molecular weight excluding hydrogens is 228 g/mol. The molecule has 0 saturated carbocycles. The predicted octanol–water partition coefficient (Wildman–Crippen LogP) is 3.20. The molecule has 0 unspecified atom stereocenters. The minimum atomic E-state index is -0.370. The van der Waals surface area contributed by atoms with Gasteiger partial charge in [0.15, 0.2) is 0 Å². The molecule has 2 aromatic rings. The highest BCUT2D eigenvalue weighted by atomic mass is 16.6. The van der Waals surface area contributed by atoms with Gasteiger partial charge in [0.05, 0.1) is 4.92 Å². The van der Waals surface area contributed by atoms with Gasteiger partial charge in [-0.3, -0.25) is 15.1 Å². The zero-order valence-corrected chi connectivity index (χ0v) is 10.4. The first kappa shape index (κ1) is 12.2. The van der Waals surface area contributed by atoms with E-state index in [1.165, 1.54) is 11.6 Å². The second-order valence-corrected chi connectivity index (χ2v) is 4.34. The molecule has 0 spiro atoms. The number of nitro benzene ring substituents is 1. The van der Waals surface area contributed by atoms with Crippen LogP contribution in [-0.2, 0) is 6.42 Å². The van der Waals surface area contributed by atoms with Gasteiger partial charge in [-0.15, -0.1) is 0 Å². The lowest BCUT2D eigenvalue weighted by molar-refractivity contribution is -0.384. The van der Waals surface area contributed by atoms with Crippen molar-refractivity contribution in [2.75, 3.05) is 0 Å². The number of benzene rings is 1. The molecule has 1 heterocycles. The Morgan fingerprint density at radius 1 is 1.28 bits per heavy atom. The van der Waals surface area contributed by atoms with E-state index in [0.29, 0.717) is 6.42 Å². The Bertz CT molecular complexity index is 594. The van der Waals surface area contributed by atoms with Crippen LogP contribution in [0.1, 0.15) is 22.3 Å². The predicted molar refractivity (Wildman–Crippen MR) is 69.6 cm³/mol. The number of rotatable bonds is 3. The number of nitro groups is 1. The average Bonchev–Trinajstić information content (AvgIpc) is 2.35. The van der Waals surface area contributed by atoms with Crippen LogP contribution in [0.3, 0.4) is 0 Å². The molecule has 0 amide bonds. The van der Waals surface area contributed by atoms with Crippen molar-refractivity contribution >= 4 is 5.69 Å². The van der Waals surface area contributed by atoms with Crippen LogP contribution in [0.4, 0.5) is 5.69 Å². The summed E-state index contributed by atoms with van der Waals surface area (Å²) in [6.07, 6.45) is 4.32. The van der Waals surface area contributed by atoms with E-state index in [9.17, 15) is 10.1 Å². The second-order valence-electron chi connectivity index (χ2n) is 4.34. The molecule has 4 nitrogen and oxygen atoms in total. The largest absolute Gasteiger partial charge is 0.269 e. The lowest BCUT2D eigenvalue weighted by Gasteiger charge is -2.07. The van der Waals surface area contributed by atoms with Crippen molar-refractivity contribution in [2.24, 2.45) is 0 Å². The summed E-state index contributed by atoms with van der Waals surface area (Å²) >= 11 is 0. The summed E-state index contributed by atoms with van der Waals surface area (Å²) in [4.78, 5) is 14.5. The van der Waals surface area contributed by atoms with Gasteiger partial charge in [-0.05, 0) is 42.5 Å². The van der Waals surface area contributed by atoms with Gasteiger partial charge < -0.3 is 0 Å². The number of pyridine rings is 1. The second kappa shape index (κ2) is 4.96. The van der Waals surface area contributed by atoms with E-state index in [0.717, 1.165) is 16.7 Å². The number of hydrogen-bond donors (Lipinski definition) is 0. The minimum absolute atomic E-state index is 0.130. The third kappa shape index (κ3) is 2.53. The number of aryl methyl sites for hydroxylation is 1. The Hall–Kier alpha value is -2.23. The highest BCUT2D eigenvalue weighted by Gasteiger charge is 2.08. The third-order valence-electron chi connectivity index (χ3n) is 3.09. The molecule has 0 saturated heterocycles. The number of non-ortho nitro benzene ring substituents is 1. The SMILES string of the molecule is Cc1cncc(Cc2cccc([N+](=O)[O-])c2)c1C. The lowest BCUT2D eigenvalue weighted by Crippen LogP contribution is -1.96. The summed E-state index contributed by atoms with van der Waals surface area (Å²) in [5, 5.41) is 10.7. The molecule has 1 aromatic carbocycles. The molecule has 0 fully saturated rings. The zero-order chi connectivity index (χ0) is 13.1. The van der Waals surface area contributed by atoms with Crippen LogP contribution in [-0.4, -0.2) is 9.91 Å². The van der Waals surface area contributed by atoms with Gasteiger partial charge in [-0.25, -0.2) is 0 Å². The standard InChI is InChI=1S/C14H14N2O2/c1-10-8-15-9-13(11(10)2)6-12-4-3-5-14(7-12)16(17)18/h3-5,7-9H,6H2,1-2H3. The molecule has 2 rings (SSSR count). The minimum Gasteiger partial charge on any atom is -0.264 e. The molecule has 0 radical (unpaired) electrons. The van der Waals surface area contributed by atoms with Crippen LogP contribution in [0.25, 0.3) is 0 Å². The molecule has 1 aromatic heterocycles. The summed E-state index contributed by atoms with van der Waals surface area (Å²) in [7, 11) is 0. The fourth-order valence-corrected chi connectivity index (χ4v) is 1.86. The van der Waals surface area contributed by atoms with Gasteiger partial charge in [0.1, 0.15) is 0 Å². The Labute approximate surface area is 105 Å². The van der Waals surface area contributed by atoms with Crippen LogP contribution in [0.15, 0.2) is 36.7 Å². The molecule has 0 aliphatic rings. The lowest BCUT2D eigenvalue weighted by atomic mass is 10.00. The van der Waals surface area contributed by atoms with Gasteiger partial charge in [-0.2, -0.15) is 0 Å². The van der Waals surface area contributed by atoms with Crippen molar-refractivity contribution in [3.05, 3.63) is 69.0 Å². The van der Waals surface area contributed by atoms with E-state index in [4.69, 9.17) is 0 Å². The monoisotopic (exact) mass is 242 g/mol. The maximum atomic E-state index is 10.7. The Morgan fingerprint density at radius 2 is 2.06 bits per heavy atom. The first-order valence-corrected chi connectivity index (χ1v) is 5.71. The summed E-state index contributed by atoms with van der Waals surface area (Å²) in [5.41, 5.74) is 4.50. The molecule has 4 heteroatoms. The van der Waals surface area contributed by atoms with Crippen LogP contribution in [0.2, 0.25) is 0 Å². The number of nitrogens with zero attached hydrogens (tertiary/aromatic N) is 2. The zero-order valence-electron chi connectivity index (χ0n) is 10.4. The Kier molecular flexibility index (Phi) is 3.37. The molecule has 0 bridgehead atoms. The van der Waals surface area contributed by atoms with Gasteiger partial charge >= 0.3 is 0 Å². The summed E-state index contributed by atoms with van der Waals surface area (Å²) in [6.45, 7) is 4.06. The highest BCUT2D eigenvalue weighted by Crippen LogP contribution is 2.19. The van der Waals surface area contributed by atoms with Crippen LogP contribution in [0, 0.1) is 24.0 Å². The van der Waals surface area contributed by atoms with Crippen LogP contribution < -0.4 is 0 Å². The van der Waals surface area contributed by atoms with E-state index >= 15 is 0 Å². The highest BCUT2D eigenvalue weighted by molar-refractivity contribution is 5.39. The Balaban J connectivity index is 2.31. The normalized spacial score (nSPS) is 10.3. The van der Waals surface area contributed by atoms with Crippen molar-refractivity contribution in [3.8, 4) is 0 Å². The third-order valence-corrected chi connectivity index (χ3v) is 3.09. The van der Waals surface area contributed by atoms with Crippen molar-refractivity contribution in [2.45, 2.75) is 20.3 Å². The molecule has 0 aliphatic heterocycles. The van der Waals surface area contributed by atoms with Crippen molar-refractivity contribution in [1.29, 1.82) is 0 Å². The average molecular weight is 242 g/mol. The Morgan fingerprint density at radius 3 is 2.78 bits per heavy atom. The van der Waals surface area contributed by atoms with Crippen LogP contribution >= 0.6 is 0 Å². The molecule has 0 aliphatic carbocycles. The molecule has 0 N–H and O–H groups in total.